The van der Waals surface area contributed by atoms with E-state index in [1.54, 1.807) is 0 Å². The molecule has 174 valence electrons. The van der Waals surface area contributed by atoms with Crippen LogP contribution in [0.5, 0.6) is 0 Å². The molecule has 2 unspecified atom stereocenters. The van der Waals surface area contributed by atoms with Crippen LogP contribution in [0, 0.1) is 5.92 Å². The molecule has 0 spiro atoms. The molecule has 0 saturated heterocycles. The van der Waals surface area contributed by atoms with Crippen molar-refractivity contribution >= 4 is 17.2 Å². The van der Waals surface area contributed by atoms with Gasteiger partial charge in [-0.2, -0.15) is 0 Å². The first-order chi connectivity index (χ1) is 16.8. The largest absolute Gasteiger partial charge is 0.0985 e. The minimum atomic E-state index is -0.0105. The lowest BCUT2D eigenvalue weighted by molar-refractivity contribution is 0.633. The number of hydrogen-bond donors (Lipinski definition) is 0. The van der Waals surface area contributed by atoms with Crippen molar-refractivity contribution in [3.8, 4) is 11.1 Å². The summed E-state index contributed by atoms with van der Waals surface area (Å²) in [4.78, 5) is 0. The Labute approximate surface area is 210 Å². The third kappa shape index (κ3) is 3.78. The minimum Gasteiger partial charge on any atom is -0.0985 e. The number of benzene rings is 3. The normalized spacial score (nSPS) is 19.8. The molecule has 0 saturated carbocycles. The first kappa shape index (κ1) is 23.1. The summed E-state index contributed by atoms with van der Waals surface area (Å²) in [6.07, 6.45) is 13.2. The molecule has 35 heavy (non-hydrogen) atoms. The molecule has 5 rings (SSSR count). The number of fused-ring (bicyclic) bond motifs is 3. The minimum absolute atomic E-state index is 0.0105. The summed E-state index contributed by atoms with van der Waals surface area (Å²) in [5.41, 5.74) is 12.7. The maximum atomic E-state index is 4.57. The summed E-state index contributed by atoms with van der Waals surface area (Å²) < 4.78 is 0. The Balaban J connectivity index is 1.61. The van der Waals surface area contributed by atoms with Crippen molar-refractivity contribution in [2.45, 2.75) is 39.0 Å². The first-order valence-corrected chi connectivity index (χ1v) is 12.6. The second-order valence-corrected chi connectivity index (χ2v) is 10.4. The number of hydrogen-bond acceptors (Lipinski definition) is 0. The van der Waals surface area contributed by atoms with E-state index in [4.69, 9.17) is 0 Å². The summed E-state index contributed by atoms with van der Waals surface area (Å²) in [5, 5.41) is 0. The highest BCUT2D eigenvalue weighted by atomic mass is 14.4. The Morgan fingerprint density at radius 1 is 0.857 bits per heavy atom. The topological polar surface area (TPSA) is 0 Å². The smallest absolute Gasteiger partial charge is 0.0159 e. The van der Waals surface area contributed by atoms with E-state index in [1.807, 2.05) is 6.08 Å². The molecular formula is C35H34. The van der Waals surface area contributed by atoms with Crippen molar-refractivity contribution < 1.29 is 0 Å². The van der Waals surface area contributed by atoms with Gasteiger partial charge in [0.2, 0.25) is 0 Å². The average molecular weight is 455 g/mol. The fraction of sp³-hybridized carbons (Fsp3) is 0.200. The van der Waals surface area contributed by atoms with Crippen molar-refractivity contribution in [2.24, 2.45) is 5.92 Å². The molecule has 0 radical (unpaired) electrons. The molecule has 3 aromatic rings. The van der Waals surface area contributed by atoms with Gasteiger partial charge in [0.25, 0.3) is 0 Å². The average Bonchev–Trinajstić information content (AvgIpc) is 3.11. The summed E-state index contributed by atoms with van der Waals surface area (Å²) >= 11 is 0. The van der Waals surface area contributed by atoms with Gasteiger partial charge in [0, 0.05) is 11.3 Å². The predicted octanol–water partition coefficient (Wildman–Crippen LogP) is 9.60. The Bertz CT molecular complexity index is 1420. The zero-order valence-electron chi connectivity index (χ0n) is 21.3. The lowest BCUT2D eigenvalue weighted by Gasteiger charge is -2.26. The van der Waals surface area contributed by atoms with Gasteiger partial charge in [-0.05, 0) is 68.5 Å². The third-order valence-corrected chi connectivity index (χ3v) is 7.87. The van der Waals surface area contributed by atoms with Gasteiger partial charge >= 0.3 is 0 Å². The summed E-state index contributed by atoms with van der Waals surface area (Å²) in [6, 6.07) is 22.1. The first-order valence-electron chi connectivity index (χ1n) is 12.6. The highest BCUT2D eigenvalue weighted by molar-refractivity contribution is 5.94. The fourth-order valence-electron chi connectivity index (χ4n) is 5.99. The molecule has 0 bridgehead atoms. The molecule has 0 nitrogen and oxygen atoms in total. The van der Waals surface area contributed by atoms with Crippen LogP contribution in [0.25, 0.3) is 28.3 Å². The van der Waals surface area contributed by atoms with Gasteiger partial charge in [-0.25, -0.2) is 0 Å². The standard InChI is InChI=1S/C35H34/c1-7-26-15-12-18-28(33(26)27-16-9-8-14-23(27)2)24(3)22-25(4)29-19-13-21-32-34(29)30-17-10-11-20-31(30)35(32,5)6/h7-23,27H,1,4H2,2-3,5-6H3/b24-22+. The molecule has 2 aliphatic carbocycles. The van der Waals surface area contributed by atoms with Gasteiger partial charge in [0.05, 0.1) is 0 Å². The Morgan fingerprint density at radius 3 is 2.31 bits per heavy atom. The van der Waals surface area contributed by atoms with E-state index in [1.165, 1.54) is 50.1 Å². The molecule has 0 aromatic heterocycles. The van der Waals surface area contributed by atoms with Crippen molar-refractivity contribution in [1.82, 2.24) is 0 Å². The van der Waals surface area contributed by atoms with Crippen molar-refractivity contribution in [3.63, 3.8) is 0 Å². The highest BCUT2D eigenvalue weighted by Gasteiger charge is 2.36. The van der Waals surface area contributed by atoms with E-state index in [2.05, 4.69) is 132 Å². The van der Waals surface area contributed by atoms with E-state index >= 15 is 0 Å². The van der Waals surface area contributed by atoms with Crippen LogP contribution in [0.4, 0.5) is 0 Å². The van der Waals surface area contributed by atoms with Crippen LogP contribution in [0.2, 0.25) is 0 Å². The number of rotatable bonds is 5. The van der Waals surface area contributed by atoms with Crippen LogP contribution in [0.15, 0.2) is 104 Å². The van der Waals surface area contributed by atoms with Crippen LogP contribution in [0.3, 0.4) is 0 Å². The van der Waals surface area contributed by atoms with Crippen LogP contribution < -0.4 is 0 Å². The third-order valence-electron chi connectivity index (χ3n) is 7.87. The van der Waals surface area contributed by atoms with E-state index in [0.717, 1.165) is 5.57 Å². The van der Waals surface area contributed by atoms with E-state index in [9.17, 15) is 0 Å². The lowest BCUT2D eigenvalue weighted by Crippen LogP contribution is -2.14. The molecule has 0 heterocycles. The molecule has 0 N–H and O–H groups in total. The van der Waals surface area contributed by atoms with Gasteiger partial charge < -0.3 is 0 Å². The van der Waals surface area contributed by atoms with Gasteiger partial charge in [-0.3, -0.25) is 0 Å². The van der Waals surface area contributed by atoms with Crippen LogP contribution in [-0.2, 0) is 5.41 Å². The lowest BCUT2D eigenvalue weighted by atomic mass is 9.78. The molecule has 0 heteroatoms. The monoisotopic (exact) mass is 454 g/mol. The molecule has 2 atom stereocenters. The second kappa shape index (κ2) is 8.86. The van der Waals surface area contributed by atoms with Crippen LogP contribution in [0.1, 0.15) is 67.0 Å². The van der Waals surface area contributed by atoms with Crippen LogP contribution >= 0.6 is 0 Å². The molecule has 0 amide bonds. The van der Waals surface area contributed by atoms with Crippen molar-refractivity contribution in [3.05, 3.63) is 138 Å². The summed E-state index contributed by atoms with van der Waals surface area (Å²) in [5.74, 6) is 0.765. The van der Waals surface area contributed by atoms with Gasteiger partial charge in [-0.1, -0.05) is 131 Å². The van der Waals surface area contributed by atoms with E-state index in [-0.39, 0.29) is 5.41 Å². The molecule has 0 fully saturated rings. The molecular weight excluding hydrogens is 420 g/mol. The van der Waals surface area contributed by atoms with Gasteiger partial charge in [0.1, 0.15) is 0 Å². The van der Waals surface area contributed by atoms with E-state index < -0.39 is 0 Å². The molecule has 2 aliphatic rings. The van der Waals surface area contributed by atoms with Crippen molar-refractivity contribution in [2.75, 3.05) is 0 Å². The van der Waals surface area contributed by atoms with Crippen LogP contribution in [-0.4, -0.2) is 0 Å². The predicted molar refractivity (Wildman–Crippen MR) is 153 cm³/mol. The number of allylic oxidation sites excluding steroid dienone is 7. The van der Waals surface area contributed by atoms with Crippen molar-refractivity contribution in [1.29, 1.82) is 0 Å². The SMILES string of the molecule is C=Cc1cccc(/C(C)=C/C(=C)c2cccc3c2-c2ccccc2C3(C)C)c1C1C=CC=CC1C. The maximum Gasteiger partial charge on any atom is 0.0159 e. The summed E-state index contributed by atoms with van der Waals surface area (Å²) in [7, 11) is 0. The zero-order valence-corrected chi connectivity index (χ0v) is 21.3. The fourth-order valence-corrected chi connectivity index (χ4v) is 5.99. The van der Waals surface area contributed by atoms with Gasteiger partial charge in [-0.15, -0.1) is 0 Å². The van der Waals surface area contributed by atoms with Gasteiger partial charge in [0.15, 0.2) is 0 Å². The van der Waals surface area contributed by atoms with E-state index in [0.29, 0.717) is 11.8 Å². The zero-order chi connectivity index (χ0) is 24.7. The summed E-state index contributed by atoms with van der Waals surface area (Å²) in [6.45, 7) is 17.8. The molecule has 3 aromatic carbocycles. The highest BCUT2D eigenvalue weighted by Crippen LogP contribution is 2.51. The Morgan fingerprint density at radius 2 is 1.54 bits per heavy atom. The Hall–Kier alpha value is -3.64. The Kier molecular flexibility index (Phi) is 5.85. The second-order valence-electron chi connectivity index (χ2n) is 10.4. The quantitative estimate of drug-likeness (QED) is 0.337. The molecule has 0 aliphatic heterocycles. The maximum absolute atomic E-state index is 4.57.